The van der Waals surface area contributed by atoms with Crippen LogP contribution in [0, 0.1) is 11.3 Å². The van der Waals surface area contributed by atoms with Crippen LogP contribution < -0.4 is 0 Å². The summed E-state index contributed by atoms with van der Waals surface area (Å²) >= 11 is 6.18. The highest BCUT2D eigenvalue weighted by Crippen LogP contribution is 2.40. The van der Waals surface area contributed by atoms with Crippen molar-refractivity contribution in [2.75, 3.05) is 26.3 Å². The fourth-order valence-electron chi connectivity index (χ4n) is 3.01. The molecule has 1 aliphatic heterocycles. The third-order valence-corrected chi connectivity index (χ3v) is 4.54. The van der Waals surface area contributed by atoms with Gasteiger partial charge in [0, 0.05) is 31.7 Å². The lowest BCUT2D eigenvalue weighted by Gasteiger charge is -2.41. The predicted octanol–water partition coefficient (Wildman–Crippen LogP) is 3.25. The highest BCUT2D eigenvalue weighted by Gasteiger charge is 2.45. The summed E-state index contributed by atoms with van der Waals surface area (Å²) in [6.45, 7) is 1.61. The van der Waals surface area contributed by atoms with E-state index in [1.807, 2.05) is 4.90 Å². The smallest absolute Gasteiger partial charge is 0.379 e. The molecule has 3 heterocycles. The summed E-state index contributed by atoms with van der Waals surface area (Å²) in [4.78, 5) is 9.72. The van der Waals surface area contributed by atoms with Crippen molar-refractivity contribution >= 4 is 11.6 Å². The second kappa shape index (κ2) is 7.19. The topological polar surface area (TPSA) is 62.0 Å². The summed E-state index contributed by atoms with van der Waals surface area (Å²) in [5.74, 6) is 0. The number of pyridine rings is 2. The summed E-state index contributed by atoms with van der Waals surface area (Å²) in [6, 6.07) is 6.30. The van der Waals surface area contributed by atoms with Crippen LogP contribution in [0.2, 0.25) is 5.02 Å². The van der Waals surface area contributed by atoms with Gasteiger partial charge in [-0.15, -0.1) is 0 Å². The molecule has 1 aliphatic rings. The largest absolute Gasteiger partial charge is 0.417 e. The molecule has 0 saturated carbocycles. The van der Waals surface area contributed by atoms with Crippen molar-refractivity contribution in [2.45, 2.75) is 11.7 Å². The van der Waals surface area contributed by atoms with Gasteiger partial charge in [-0.3, -0.25) is 14.9 Å². The molecule has 26 heavy (non-hydrogen) atoms. The molecule has 0 unspecified atom stereocenters. The average molecular weight is 383 g/mol. The minimum absolute atomic E-state index is 0.0581. The molecule has 1 fully saturated rings. The maximum atomic E-state index is 13.0. The third-order valence-electron chi connectivity index (χ3n) is 4.26. The molecule has 0 N–H and O–H groups in total. The van der Waals surface area contributed by atoms with Crippen molar-refractivity contribution in [3.63, 3.8) is 0 Å². The van der Waals surface area contributed by atoms with Crippen molar-refractivity contribution < 1.29 is 17.9 Å². The number of nitrogens with zero attached hydrogens (tertiary/aromatic N) is 4. The lowest BCUT2D eigenvalue weighted by molar-refractivity contribution is -0.137. The Morgan fingerprint density at radius 1 is 1.15 bits per heavy atom. The summed E-state index contributed by atoms with van der Waals surface area (Å²) in [5.41, 5.74) is -1.81. The molecule has 0 aliphatic carbocycles. The SMILES string of the molecule is N#C[C@](c1ccncc1)(c1ncc(C(F)(F)F)cc1Cl)N1CCOCC1. The van der Waals surface area contributed by atoms with Crippen LogP contribution in [0.3, 0.4) is 0 Å². The maximum Gasteiger partial charge on any atom is 0.417 e. The van der Waals surface area contributed by atoms with E-state index in [4.69, 9.17) is 16.3 Å². The molecular weight excluding hydrogens is 369 g/mol. The van der Waals surface area contributed by atoms with Crippen LogP contribution in [0.5, 0.6) is 0 Å². The maximum absolute atomic E-state index is 13.0. The molecule has 136 valence electrons. The van der Waals surface area contributed by atoms with Crippen molar-refractivity contribution in [2.24, 2.45) is 0 Å². The Bertz CT molecular complexity index is 819. The molecular formula is C17H14ClF3N4O. The minimum Gasteiger partial charge on any atom is -0.379 e. The number of morpholine rings is 1. The summed E-state index contributed by atoms with van der Waals surface area (Å²) in [7, 11) is 0. The van der Waals surface area contributed by atoms with Crippen LogP contribution in [0.25, 0.3) is 0 Å². The molecule has 2 aromatic heterocycles. The van der Waals surface area contributed by atoms with Gasteiger partial charge >= 0.3 is 6.18 Å². The predicted molar refractivity (Wildman–Crippen MR) is 87.3 cm³/mol. The molecule has 2 aromatic rings. The fourth-order valence-corrected chi connectivity index (χ4v) is 3.31. The van der Waals surface area contributed by atoms with Crippen molar-refractivity contribution in [1.29, 1.82) is 5.26 Å². The molecule has 0 bridgehead atoms. The fraction of sp³-hybridized carbons (Fsp3) is 0.353. The molecule has 0 amide bonds. The Hall–Kier alpha value is -2.21. The third kappa shape index (κ3) is 3.26. The van der Waals surface area contributed by atoms with E-state index in [2.05, 4.69) is 16.0 Å². The molecule has 9 heteroatoms. The number of aromatic nitrogens is 2. The number of hydrogen-bond donors (Lipinski definition) is 0. The lowest BCUT2D eigenvalue weighted by Crippen LogP contribution is -2.52. The van der Waals surface area contributed by atoms with Gasteiger partial charge in [-0.25, -0.2) is 0 Å². The van der Waals surface area contributed by atoms with E-state index in [9.17, 15) is 18.4 Å². The Balaban J connectivity index is 2.20. The van der Waals surface area contributed by atoms with Crippen LogP contribution in [-0.4, -0.2) is 41.2 Å². The highest BCUT2D eigenvalue weighted by atomic mass is 35.5. The first-order chi connectivity index (χ1) is 12.4. The van der Waals surface area contributed by atoms with Gasteiger partial charge < -0.3 is 4.74 Å². The van der Waals surface area contributed by atoms with E-state index in [1.54, 1.807) is 12.1 Å². The van der Waals surface area contributed by atoms with E-state index in [-0.39, 0.29) is 10.7 Å². The zero-order chi connectivity index (χ0) is 18.8. The Morgan fingerprint density at radius 3 is 2.35 bits per heavy atom. The minimum atomic E-state index is -4.57. The quantitative estimate of drug-likeness (QED) is 0.815. The standard InChI is InChI=1S/C17H14ClF3N4O/c18-14-9-13(17(19,20)21)10-24-15(14)16(11-22,12-1-3-23-4-2-12)25-5-7-26-8-6-25/h1-4,9-10H,5-8H2/t16-/m0/s1. The summed E-state index contributed by atoms with van der Waals surface area (Å²) in [5, 5.41) is 9.90. The number of alkyl halides is 3. The Morgan fingerprint density at radius 2 is 1.81 bits per heavy atom. The zero-order valence-corrected chi connectivity index (χ0v) is 14.3. The van der Waals surface area contributed by atoms with E-state index >= 15 is 0 Å². The van der Waals surface area contributed by atoms with Gasteiger partial charge in [-0.1, -0.05) is 11.6 Å². The van der Waals surface area contributed by atoms with Gasteiger partial charge in [0.25, 0.3) is 0 Å². The number of halogens is 4. The van der Waals surface area contributed by atoms with Gasteiger partial charge in [0.2, 0.25) is 0 Å². The summed E-state index contributed by atoms with van der Waals surface area (Å²) in [6.07, 6.45) is -0.839. The summed E-state index contributed by atoms with van der Waals surface area (Å²) < 4.78 is 44.2. The zero-order valence-electron chi connectivity index (χ0n) is 13.5. The lowest BCUT2D eigenvalue weighted by atomic mass is 9.85. The van der Waals surface area contributed by atoms with E-state index in [1.165, 1.54) is 12.4 Å². The first kappa shape index (κ1) is 18.6. The molecule has 3 rings (SSSR count). The number of nitriles is 1. The molecule has 5 nitrogen and oxygen atoms in total. The van der Waals surface area contributed by atoms with Gasteiger partial charge in [-0.05, 0) is 23.8 Å². The Kier molecular flexibility index (Phi) is 5.14. The molecule has 1 saturated heterocycles. The number of hydrogen-bond acceptors (Lipinski definition) is 5. The highest BCUT2D eigenvalue weighted by molar-refractivity contribution is 6.31. The monoisotopic (exact) mass is 382 g/mol. The number of ether oxygens (including phenoxy) is 1. The second-order valence-electron chi connectivity index (χ2n) is 5.71. The van der Waals surface area contributed by atoms with Crippen molar-refractivity contribution in [3.8, 4) is 6.07 Å². The molecule has 0 radical (unpaired) electrons. The van der Waals surface area contributed by atoms with Gasteiger partial charge in [0.1, 0.15) is 0 Å². The molecule has 0 spiro atoms. The second-order valence-corrected chi connectivity index (χ2v) is 6.12. The van der Waals surface area contributed by atoms with E-state index < -0.39 is 17.3 Å². The van der Waals surface area contributed by atoms with Gasteiger partial charge in [0.15, 0.2) is 5.54 Å². The van der Waals surface area contributed by atoms with Crippen LogP contribution >= 0.6 is 11.6 Å². The van der Waals surface area contributed by atoms with Crippen LogP contribution in [-0.2, 0) is 16.5 Å². The van der Waals surface area contributed by atoms with Crippen molar-refractivity contribution in [1.82, 2.24) is 14.9 Å². The van der Waals surface area contributed by atoms with Crippen molar-refractivity contribution in [3.05, 3.63) is 58.6 Å². The van der Waals surface area contributed by atoms with E-state index in [0.717, 1.165) is 6.07 Å². The molecule has 1 atom stereocenters. The normalized spacial score (nSPS) is 18.1. The van der Waals surface area contributed by atoms with Gasteiger partial charge in [0.05, 0.1) is 35.6 Å². The van der Waals surface area contributed by atoms with Crippen LogP contribution in [0.1, 0.15) is 16.8 Å². The van der Waals surface area contributed by atoms with Gasteiger partial charge in [-0.2, -0.15) is 18.4 Å². The molecule has 0 aromatic carbocycles. The van der Waals surface area contributed by atoms with Crippen LogP contribution in [0.4, 0.5) is 13.2 Å². The number of rotatable bonds is 3. The first-order valence-electron chi connectivity index (χ1n) is 7.77. The average Bonchev–Trinajstić information content (AvgIpc) is 2.65. The Labute approximate surface area is 153 Å². The van der Waals surface area contributed by atoms with E-state index in [0.29, 0.717) is 38.1 Å². The first-order valence-corrected chi connectivity index (χ1v) is 8.15. The van der Waals surface area contributed by atoms with Crippen LogP contribution in [0.15, 0.2) is 36.8 Å².